The van der Waals surface area contributed by atoms with Gasteiger partial charge in [-0.1, -0.05) is 246 Å². The van der Waals surface area contributed by atoms with Crippen molar-refractivity contribution in [1.82, 2.24) is 39.2 Å². The van der Waals surface area contributed by atoms with Crippen molar-refractivity contribution in [3.05, 3.63) is 419 Å². The van der Waals surface area contributed by atoms with Gasteiger partial charge in [-0.15, -0.1) is 0 Å². The van der Waals surface area contributed by atoms with Crippen molar-refractivity contribution < 1.29 is 51.9 Å². The van der Waals surface area contributed by atoms with Crippen molar-refractivity contribution >= 4 is 70.5 Å². The van der Waals surface area contributed by atoms with E-state index >= 15 is 0 Å². The Bertz CT molecular complexity index is 5680. The number of fused-ring (bicyclic) bond motifs is 12. The van der Waals surface area contributed by atoms with Crippen molar-refractivity contribution in [3.8, 4) is 5.75 Å². The van der Waals surface area contributed by atoms with Crippen molar-refractivity contribution in [2.45, 2.75) is 88.4 Å². The van der Waals surface area contributed by atoms with Crippen molar-refractivity contribution in [1.29, 1.82) is 0 Å². The highest BCUT2D eigenvalue weighted by atomic mass is 35.5. The molecule has 21 heteroatoms. The average Bonchev–Trinajstić information content (AvgIpc) is 1.55. The highest BCUT2D eigenvalue weighted by Gasteiger charge is 2.64. The van der Waals surface area contributed by atoms with Crippen LogP contribution in [0.4, 0.5) is 8.78 Å². The zero-order valence-electron chi connectivity index (χ0n) is 69.1. The SMILES string of the molecule is COc1ccc(CC(=O)N2CCN3C(=O)c4ccccc4C23c2ccc(C)cc2)cc1.Cc1ccc(C23c4ccccc4C(=O)N2CCN3C(=O)CCc2ccc(F)cc2)cc1.Cc1ccc(CCC(=O)N2CCN3C(=O)c4ccccc4C23c2ccc(Cl)cc2)cc1.O=C(CCc1ccc(F)cc1)N1CCN2C(=O)c3ccccc3C12c1ccc(Cl)cc1. The smallest absolute Gasteiger partial charge is 0.256 e. The maximum absolute atomic E-state index is 13.6. The number of hydrogen-bond acceptors (Lipinski definition) is 9. The van der Waals surface area contributed by atoms with Crippen LogP contribution in [0.5, 0.6) is 5.75 Å². The second-order valence-corrected chi connectivity index (χ2v) is 33.3. The van der Waals surface area contributed by atoms with Crippen molar-refractivity contribution in [2.75, 3.05) is 59.5 Å². The molecule has 0 spiro atoms. The normalized spacial score (nSPS) is 19.5. The lowest BCUT2D eigenvalue weighted by molar-refractivity contribution is -0.137. The Morgan fingerprint density at radius 3 is 0.831 bits per heavy atom. The lowest BCUT2D eigenvalue weighted by Gasteiger charge is -2.40. The number of carbonyl (C=O) groups excluding carboxylic acids is 8. The second-order valence-electron chi connectivity index (χ2n) is 32.4. The molecule has 4 atom stereocenters. The summed E-state index contributed by atoms with van der Waals surface area (Å²) in [5.41, 5.74) is 13.2. The summed E-state index contributed by atoms with van der Waals surface area (Å²) in [5, 5.41) is 1.22. The van der Waals surface area contributed by atoms with E-state index in [0.29, 0.717) is 117 Å². The maximum atomic E-state index is 13.6. The Hall–Kier alpha value is -13.4. The monoisotopic (exact) mass is 1690 g/mol. The van der Waals surface area contributed by atoms with Gasteiger partial charge in [-0.05, 0) is 147 Å². The van der Waals surface area contributed by atoms with Gasteiger partial charge in [-0.2, -0.15) is 0 Å². The van der Waals surface area contributed by atoms with E-state index in [9.17, 15) is 47.1 Å². The minimum absolute atomic E-state index is 0.00209. The summed E-state index contributed by atoms with van der Waals surface area (Å²) in [6.07, 6.45) is 2.91. The minimum atomic E-state index is -0.974. The number of methoxy groups -OCH3 is 1. The van der Waals surface area contributed by atoms with E-state index in [-0.39, 0.29) is 71.7 Å². The summed E-state index contributed by atoms with van der Waals surface area (Å²) >= 11 is 12.3. The molecule has 0 aromatic heterocycles. The Kier molecular flexibility index (Phi) is 22.8. The van der Waals surface area contributed by atoms with Gasteiger partial charge >= 0.3 is 0 Å². The summed E-state index contributed by atoms with van der Waals surface area (Å²) in [4.78, 5) is 122. The van der Waals surface area contributed by atoms with Gasteiger partial charge < -0.3 is 43.9 Å². The first-order chi connectivity index (χ1) is 60.1. The predicted octanol–water partition coefficient (Wildman–Crippen LogP) is 17.4. The van der Waals surface area contributed by atoms with Crippen LogP contribution in [0.25, 0.3) is 0 Å². The van der Waals surface area contributed by atoms with Gasteiger partial charge in [0.1, 0.15) is 17.4 Å². The topological polar surface area (TPSA) is 172 Å². The fourth-order valence-electron chi connectivity index (χ4n) is 19.6. The molecule has 0 aliphatic carbocycles. The molecule has 8 aliphatic heterocycles. The third kappa shape index (κ3) is 14.4. The van der Waals surface area contributed by atoms with Gasteiger partial charge in [-0.25, -0.2) is 8.78 Å². The molecule has 17 nitrogen and oxygen atoms in total. The molecule has 0 radical (unpaired) electrons. The van der Waals surface area contributed by atoms with Crippen LogP contribution in [0, 0.1) is 32.4 Å². The first-order valence-electron chi connectivity index (χ1n) is 41.8. The summed E-state index contributed by atoms with van der Waals surface area (Å²) in [7, 11) is 1.62. The van der Waals surface area contributed by atoms with Crippen LogP contribution in [0.2, 0.25) is 10.0 Å². The summed E-state index contributed by atoms with van der Waals surface area (Å²) in [6, 6.07) is 89.7. The number of ether oxygens (including phenoxy) is 1. The van der Waals surface area contributed by atoms with E-state index in [0.717, 1.165) is 83.6 Å². The van der Waals surface area contributed by atoms with E-state index in [1.165, 1.54) is 29.8 Å². The van der Waals surface area contributed by atoms with Gasteiger partial charge in [-0.3, -0.25) is 38.4 Å². The summed E-state index contributed by atoms with van der Waals surface area (Å²) < 4.78 is 31.6. The second kappa shape index (κ2) is 34.2. The zero-order valence-corrected chi connectivity index (χ0v) is 70.6. The molecule has 8 heterocycles. The number of amides is 8. The number of hydrogen-bond donors (Lipinski definition) is 0. The van der Waals surface area contributed by atoms with Crippen LogP contribution in [-0.4, -0.2) is 146 Å². The standard InChI is InChI=1S/C26H23ClN2O2.C26H23FN2O2.C26H24N2O3.C25H20ClFN2O2/c1-18-6-8-19(9-7-18)10-15-24(30)28-16-17-29-25(31)22-4-2-3-5-23(22)26(28,29)20-11-13-21(27)14-12-20;1-18-6-11-20(12-7-18)26-23-5-3-2-4-22(23)25(31)29(26)17-16-28(26)24(30)15-10-19-8-13-21(27)14-9-19;1-18-7-11-20(12-8-18)26-23-6-4-3-5-22(23)25(30)28(26)16-15-27(26)24(29)17-19-9-13-21(31-2)14-10-19;26-19-10-8-18(9-11-19)25-22-4-2-1-3-21(22)24(31)29(25)16-15-28(25)23(30)14-7-17-5-12-20(27)13-6-17/h2*2-9,11-14H,10,15-17H2,1H3;3-14H,15-17H2,1-2H3;1-6,8-13H,7,14-16H2. The summed E-state index contributed by atoms with van der Waals surface area (Å²) in [5.74, 6) is -0.00386. The van der Waals surface area contributed by atoms with Gasteiger partial charge in [0, 0.05) is 148 Å². The molecule has 20 rings (SSSR count). The maximum Gasteiger partial charge on any atom is 0.256 e. The fraction of sp³-hybridized carbons (Fsp3) is 0.223. The molecule has 4 fully saturated rings. The quantitative estimate of drug-likeness (QED) is 0.0913. The Labute approximate surface area is 729 Å². The third-order valence-electron chi connectivity index (χ3n) is 25.4. The molecule has 124 heavy (non-hydrogen) atoms. The molecule has 0 bridgehead atoms. The first-order valence-corrected chi connectivity index (χ1v) is 42.6. The lowest BCUT2D eigenvalue weighted by atomic mass is 9.89. The molecular formula is C103H90Cl2F2N8O9. The van der Waals surface area contributed by atoms with Gasteiger partial charge in [0.15, 0.2) is 22.7 Å². The van der Waals surface area contributed by atoms with E-state index in [1.54, 1.807) is 48.4 Å². The van der Waals surface area contributed by atoms with Crippen LogP contribution in [0.3, 0.4) is 0 Å². The van der Waals surface area contributed by atoms with Crippen LogP contribution >= 0.6 is 23.2 Å². The molecule has 0 saturated carbocycles. The lowest BCUT2D eigenvalue weighted by Crippen LogP contribution is -2.52. The highest BCUT2D eigenvalue weighted by Crippen LogP contribution is 2.55. The zero-order chi connectivity index (χ0) is 86.3. The molecule has 8 aliphatic rings. The molecule has 0 N–H and O–H groups in total. The van der Waals surface area contributed by atoms with Crippen molar-refractivity contribution in [2.24, 2.45) is 0 Å². The summed E-state index contributed by atoms with van der Waals surface area (Å²) in [6.45, 7) is 10.0. The Balaban J connectivity index is 0.000000117. The third-order valence-corrected chi connectivity index (χ3v) is 25.9. The number of aryl methyl sites for hydroxylation is 6. The molecule has 8 amide bonds. The van der Waals surface area contributed by atoms with Gasteiger partial charge in [0.2, 0.25) is 23.6 Å². The fourth-order valence-corrected chi connectivity index (χ4v) is 19.8. The predicted molar refractivity (Wildman–Crippen MR) is 471 cm³/mol. The molecule has 624 valence electrons. The first kappa shape index (κ1) is 82.9. The van der Waals surface area contributed by atoms with Crippen molar-refractivity contribution in [3.63, 3.8) is 0 Å². The Morgan fingerprint density at radius 1 is 0.306 bits per heavy atom. The number of halogens is 4. The van der Waals surface area contributed by atoms with E-state index in [2.05, 4.69) is 31.2 Å². The number of nitrogens with zero attached hydrogens (tertiary/aromatic N) is 8. The molecular weight excluding hydrogens is 1600 g/mol. The average molecular weight is 1690 g/mol. The molecule has 12 aromatic rings. The van der Waals surface area contributed by atoms with Crippen LogP contribution in [0.1, 0.15) is 144 Å². The number of carbonyl (C=O) groups is 8. The van der Waals surface area contributed by atoms with Crippen LogP contribution in [-0.2, 0) is 67.5 Å². The van der Waals surface area contributed by atoms with Crippen LogP contribution < -0.4 is 4.74 Å². The number of rotatable bonds is 16. The van der Waals surface area contributed by atoms with Gasteiger partial charge in [0.25, 0.3) is 23.6 Å². The highest BCUT2D eigenvalue weighted by molar-refractivity contribution is 6.31. The molecule has 4 unspecified atom stereocenters. The van der Waals surface area contributed by atoms with Crippen LogP contribution in [0.15, 0.2) is 291 Å². The molecule has 4 saturated heterocycles. The van der Waals surface area contributed by atoms with E-state index < -0.39 is 22.7 Å². The minimum Gasteiger partial charge on any atom is -0.497 e. The van der Waals surface area contributed by atoms with E-state index in [1.807, 2.05) is 254 Å². The largest absolute Gasteiger partial charge is 0.497 e. The number of benzene rings is 12. The Morgan fingerprint density at radius 2 is 0.548 bits per heavy atom. The van der Waals surface area contributed by atoms with Gasteiger partial charge in [0.05, 0.1) is 13.5 Å². The van der Waals surface area contributed by atoms with E-state index in [4.69, 9.17) is 27.9 Å². The molecule has 12 aromatic carbocycles.